The van der Waals surface area contributed by atoms with Crippen molar-refractivity contribution in [1.29, 1.82) is 0 Å². The van der Waals surface area contributed by atoms with Crippen LogP contribution in [0, 0.1) is 0 Å². The molecule has 0 saturated carbocycles. The van der Waals surface area contributed by atoms with Gasteiger partial charge in [0.2, 0.25) is 0 Å². The van der Waals surface area contributed by atoms with Crippen LogP contribution in [0.5, 0.6) is 0 Å². The van der Waals surface area contributed by atoms with Gasteiger partial charge in [-0.05, 0) is 17.4 Å². The number of hydrogen-bond donors (Lipinski definition) is 7. The highest BCUT2D eigenvalue weighted by Gasteiger charge is 2.29. The number of hydrogen-bond acceptors (Lipinski definition) is 40. The predicted molar refractivity (Wildman–Crippen MR) is 375 cm³/mol. The van der Waals surface area contributed by atoms with Gasteiger partial charge in [0.05, 0.1) is 336 Å². The Morgan fingerprint density at radius 2 is 0.373 bits per heavy atom. The molecule has 660 valence electrons. The molecule has 0 heterocycles. The SMILES string of the molecule is CCC(COP(=O)(O)OCCOCCOCCOCCOCCOCCOP(=O)(O)OCCOCCOCCOCCOCCOCCOP(=O)(O)OCCOCCOCCOCCOCCOCCOP(=O)(O)OCCOCCOCCOCCOCCOCCOP(=O)(O)OC(CC)CO[P+](=O)[O-])OP(=O)(O)O. The molecule has 47 nitrogen and oxygen atoms in total. The summed E-state index contributed by atoms with van der Waals surface area (Å²) < 4.78 is 246. The second-order valence-corrected chi connectivity index (χ2v) is 30.0. The predicted octanol–water partition coefficient (Wildman–Crippen LogP) is 1.69. The molecule has 8 unspecified atom stereocenters. The monoisotopic (exact) mass is 1760 g/mol. The van der Waals surface area contributed by atoms with Crippen LogP contribution in [0.4, 0.5) is 0 Å². The summed E-state index contributed by atoms with van der Waals surface area (Å²) in [6.45, 7) is 8.98. The molecule has 0 amide bonds. The van der Waals surface area contributed by atoms with Crippen molar-refractivity contribution in [2.45, 2.75) is 38.9 Å². The van der Waals surface area contributed by atoms with Gasteiger partial charge in [0.25, 0.3) is 0 Å². The molecule has 0 aliphatic heterocycles. The summed E-state index contributed by atoms with van der Waals surface area (Å²) >= 11 is 0. The Morgan fingerprint density at radius 3 is 0.527 bits per heavy atom. The average Bonchev–Trinajstić information content (AvgIpc) is 0.912. The summed E-state index contributed by atoms with van der Waals surface area (Å²) in [5.74, 6) is 0. The highest BCUT2D eigenvalue weighted by atomic mass is 31.2. The summed E-state index contributed by atoms with van der Waals surface area (Å²) in [6, 6.07) is 0. The van der Waals surface area contributed by atoms with E-state index in [4.69, 9.17) is 150 Å². The highest BCUT2D eigenvalue weighted by Crippen LogP contribution is 2.47. The summed E-state index contributed by atoms with van der Waals surface area (Å²) in [5, 5.41) is 0. The largest absolute Gasteiger partial charge is 0.566 e. The van der Waals surface area contributed by atoms with Crippen LogP contribution in [-0.2, 0) is 181 Å². The van der Waals surface area contributed by atoms with E-state index in [-0.39, 0.29) is 231 Å². The molecule has 0 radical (unpaired) electrons. The van der Waals surface area contributed by atoms with Crippen molar-refractivity contribution < 1.29 is 220 Å². The molecule has 0 saturated heterocycles. The molecule has 0 aromatic rings. The van der Waals surface area contributed by atoms with Gasteiger partial charge in [-0.2, -0.15) is 0 Å². The van der Waals surface area contributed by atoms with Crippen LogP contribution in [0.2, 0.25) is 0 Å². The molecule has 0 aromatic heterocycles. The lowest BCUT2D eigenvalue weighted by Crippen LogP contribution is -2.18. The van der Waals surface area contributed by atoms with Gasteiger partial charge in [0.1, 0.15) is 6.61 Å². The van der Waals surface area contributed by atoms with E-state index < -0.39 is 80.6 Å². The second kappa shape index (κ2) is 76.3. The molecule has 0 aliphatic carbocycles. The molecule has 0 spiro atoms. The van der Waals surface area contributed by atoms with E-state index in [0.29, 0.717) is 99.1 Å². The smallest absolute Gasteiger partial charge is 0.488 e. The molecule has 0 bridgehead atoms. The van der Waals surface area contributed by atoms with Crippen molar-refractivity contribution in [3.8, 4) is 0 Å². The maximum absolute atomic E-state index is 12.1. The van der Waals surface area contributed by atoms with Crippen molar-refractivity contribution in [3.05, 3.63) is 0 Å². The fraction of sp³-hybridized carbons (Fsp3) is 1.00. The molecule has 0 aliphatic rings. The van der Waals surface area contributed by atoms with Crippen LogP contribution >= 0.6 is 55.2 Å². The van der Waals surface area contributed by atoms with E-state index in [9.17, 15) is 61.3 Å². The van der Waals surface area contributed by atoms with Crippen LogP contribution in [-0.4, -0.2) is 377 Å². The zero-order valence-corrected chi connectivity index (χ0v) is 68.8. The number of phosphoric acid groups is 6. The van der Waals surface area contributed by atoms with E-state index in [0.717, 1.165) is 0 Å². The third-order valence-corrected chi connectivity index (χ3v) is 18.1. The summed E-state index contributed by atoms with van der Waals surface area (Å²) in [5.41, 5.74) is 0. The molecular formula is C56H119O47P7. The molecule has 54 heteroatoms. The third kappa shape index (κ3) is 84.3. The average molecular weight is 1760 g/mol. The molecule has 110 heavy (non-hydrogen) atoms. The lowest BCUT2D eigenvalue weighted by Gasteiger charge is -2.18. The fourth-order valence-electron chi connectivity index (χ4n) is 6.95. The Morgan fingerprint density at radius 1 is 0.227 bits per heavy atom. The van der Waals surface area contributed by atoms with Gasteiger partial charge in [-0.3, -0.25) is 49.8 Å². The van der Waals surface area contributed by atoms with E-state index >= 15 is 0 Å². The molecule has 7 N–H and O–H groups in total. The van der Waals surface area contributed by atoms with Crippen molar-refractivity contribution in [2.24, 2.45) is 0 Å². The zero-order valence-electron chi connectivity index (χ0n) is 62.5. The first-order valence-electron chi connectivity index (χ1n) is 35.0. The highest BCUT2D eigenvalue weighted by molar-refractivity contribution is 7.48. The van der Waals surface area contributed by atoms with E-state index in [2.05, 4.69) is 9.05 Å². The Kier molecular flexibility index (Phi) is 76.2. The first-order chi connectivity index (χ1) is 52.8. The van der Waals surface area contributed by atoms with E-state index in [1.807, 2.05) is 0 Å². The van der Waals surface area contributed by atoms with Crippen LogP contribution in [0.3, 0.4) is 0 Å². The minimum Gasteiger partial charge on any atom is -0.566 e. The van der Waals surface area contributed by atoms with Gasteiger partial charge in [0.15, 0.2) is 0 Å². The number of phosphoric ester groups is 6. The summed E-state index contributed by atoms with van der Waals surface area (Å²) in [6.07, 6.45) is -1.70. The molecule has 8 atom stereocenters. The molecule has 0 aromatic carbocycles. The maximum Gasteiger partial charge on any atom is 0.488 e. The number of ether oxygens (including phenoxy) is 20. The lowest BCUT2D eigenvalue weighted by molar-refractivity contribution is -0.187. The van der Waals surface area contributed by atoms with Crippen molar-refractivity contribution in [1.82, 2.24) is 0 Å². The van der Waals surface area contributed by atoms with E-state index in [1.165, 1.54) is 0 Å². The van der Waals surface area contributed by atoms with Crippen LogP contribution in [0.15, 0.2) is 0 Å². The van der Waals surface area contributed by atoms with Crippen molar-refractivity contribution >= 4 is 55.2 Å². The number of rotatable bonds is 92. The van der Waals surface area contributed by atoms with Crippen molar-refractivity contribution in [3.63, 3.8) is 0 Å². The van der Waals surface area contributed by atoms with Gasteiger partial charge in [-0.1, -0.05) is 13.8 Å². The Balaban J connectivity index is 3.43. The first kappa shape index (κ1) is 110. The van der Waals surface area contributed by atoms with Gasteiger partial charge < -0.3 is 134 Å². The van der Waals surface area contributed by atoms with Crippen LogP contribution in [0.25, 0.3) is 0 Å². The van der Waals surface area contributed by atoms with Gasteiger partial charge in [0, 0.05) is 0 Å². The second-order valence-electron chi connectivity index (χ2n) is 20.8. The molecular weight excluding hydrogens is 1640 g/mol. The minimum atomic E-state index is -4.78. The molecule has 0 rings (SSSR count). The topological polar surface area (TPSA) is 580 Å². The van der Waals surface area contributed by atoms with Crippen LogP contribution in [0.1, 0.15) is 26.7 Å². The molecule has 0 fully saturated rings. The Hall–Kier alpha value is -0.120. The van der Waals surface area contributed by atoms with Gasteiger partial charge >= 0.3 is 55.2 Å². The summed E-state index contributed by atoms with van der Waals surface area (Å²) in [7, 11) is -29.7. The van der Waals surface area contributed by atoms with Gasteiger partial charge in [-0.15, -0.1) is 4.52 Å². The fourth-order valence-corrected chi connectivity index (χ4v) is 11.6. The third-order valence-electron chi connectivity index (χ3n) is 12.1. The Bertz CT molecular complexity index is 2370. The van der Waals surface area contributed by atoms with Crippen LogP contribution < -0.4 is 4.89 Å². The zero-order chi connectivity index (χ0) is 81.1. The van der Waals surface area contributed by atoms with Gasteiger partial charge in [-0.25, -0.2) is 27.4 Å². The standard InChI is InChI=1S/C56H119O47P7/c1-3-55(53-92-104(57)58)103-110(70,71)100-52-44-91-36-28-83-20-12-75-10-18-81-26-34-89-42-50-98-108(66,67)96-48-40-87-32-24-79-16-8-73-6-14-77-22-30-85-38-46-94-106(62,63)93-45-37-84-29-21-76-13-5-72-7-15-78-23-31-86-39-47-95-107(64,65)97-49-41-88-33-25-80-17-9-74-11-19-82-27-35-90-43-51-99-109(68,69)101-54-56(4-2)102-105(59,60)61/h55-56H,3-54H2,1-2H3,(H,62,63)(H,64,65)(H,66,67)(H,68,69)(H,70,71)(H2,59,60,61). The normalized spacial score (nSPS) is 15.7. The lowest BCUT2D eigenvalue weighted by atomic mass is 10.3. The first-order valence-corrected chi connectivity index (χ1v) is 45.1. The summed E-state index contributed by atoms with van der Waals surface area (Å²) in [4.78, 5) is 77.1. The quantitative estimate of drug-likeness (QED) is 0.0336. The van der Waals surface area contributed by atoms with E-state index in [1.54, 1.807) is 13.8 Å². The van der Waals surface area contributed by atoms with Crippen molar-refractivity contribution in [2.75, 3.05) is 330 Å². The minimum absolute atomic E-state index is 0.0115. The maximum atomic E-state index is 12.1. The Labute approximate surface area is 642 Å².